The van der Waals surface area contributed by atoms with Crippen LogP contribution in [0.3, 0.4) is 0 Å². The maximum absolute atomic E-state index is 11.3. The molecule has 0 aromatic carbocycles. The fourth-order valence-corrected chi connectivity index (χ4v) is 2.39. The molecule has 2 unspecified atom stereocenters. The molecule has 6 nitrogen and oxygen atoms in total. The molecule has 0 radical (unpaired) electrons. The van der Waals surface area contributed by atoms with Crippen molar-refractivity contribution in [2.75, 3.05) is 18.6 Å². The van der Waals surface area contributed by atoms with Gasteiger partial charge in [-0.25, -0.2) is 14.8 Å². The van der Waals surface area contributed by atoms with Gasteiger partial charge in [-0.05, 0) is 6.42 Å². The number of methoxy groups -OCH3 is 1. The maximum atomic E-state index is 11.3. The summed E-state index contributed by atoms with van der Waals surface area (Å²) < 4.78 is 5.27. The number of hydrogen-bond donors (Lipinski definition) is 1. The molecule has 1 fully saturated rings. The Morgan fingerprint density at radius 3 is 3.00 bits per heavy atom. The summed E-state index contributed by atoms with van der Waals surface area (Å²) >= 11 is 0. The first-order valence-electron chi connectivity index (χ1n) is 6.48. The molecular weight excluding hydrogens is 246 g/mol. The topological polar surface area (TPSA) is 75.5 Å². The molecule has 2 rings (SSSR count). The van der Waals surface area contributed by atoms with E-state index in [1.54, 1.807) is 12.0 Å². The van der Waals surface area contributed by atoms with Gasteiger partial charge in [0.2, 0.25) is 0 Å². The van der Waals surface area contributed by atoms with Gasteiger partial charge in [0.25, 0.3) is 0 Å². The second kappa shape index (κ2) is 5.97. The van der Waals surface area contributed by atoms with Gasteiger partial charge in [0.1, 0.15) is 18.2 Å². The first-order chi connectivity index (χ1) is 9.15. The highest BCUT2D eigenvalue weighted by molar-refractivity contribution is 5.78. The van der Waals surface area contributed by atoms with Crippen molar-refractivity contribution in [2.45, 2.75) is 38.3 Å². The molecule has 1 aromatic heterocycles. The molecule has 2 atom stereocenters. The Morgan fingerprint density at radius 2 is 2.37 bits per heavy atom. The van der Waals surface area contributed by atoms with E-state index < -0.39 is 12.0 Å². The van der Waals surface area contributed by atoms with Crippen LogP contribution in [-0.2, 0) is 16.0 Å². The molecule has 1 N–H and O–H groups in total. The summed E-state index contributed by atoms with van der Waals surface area (Å²) in [5.41, 5.74) is 0.942. The van der Waals surface area contributed by atoms with E-state index in [0.29, 0.717) is 18.8 Å². The minimum absolute atomic E-state index is 0.0642. The third-order valence-corrected chi connectivity index (χ3v) is 3.39. The lowest BCUT2D eigenvalue weighted by molar-refractivity contribution is -0.138. The summed E-state index contributed by atoms with van der Waals surface area (Å²) in [6.45, 7) is 2.63. The number of ether oxygens (including phenoxy) is 1. The Kier molecular flexibility index (Phi) is 4.31. The van der Waals surface area contributed by atoms with Crippen LogP contribution in [0.1, 0.15) is 25.5 Å². The van der Waals surface area contributed by atoms with E-state index in [0.717, 1.165) is 18.5 Å². The van der Waals surface area contributed by atoms with Crippen LogP contribution in [0, 0.1) is 0 Å². The lowest BCUT2D eigenvalue weighted by atomic mass is 10.2. The average Bonchev–Trinajstić information content (AvgIpc) is 2.84. The molecule has 1 aliphatic rings. The third-order valence-electron chi connectivity index (χ3n) is 3.39. The van der Waals surface area contributed by atoms with Gasteiger partial charge in [-0.15, -0.1) is 0 Å². The van der Waals surface area contributed by atoms with Crippen LogP contribution in [0.15, 0.2) is 12.4 Å². The highest BCUT2D eigenvalue weighted by Crippen LogP contribution is 2.26. The SMILES string of the molecule is CCCc1cc(N2CC(OC)CC2C(=O)O)ncn1. The van der Waals surface area contributed by atoms with E-state index in [4.69, 9.17) is 4.74 Å². The summed E-state index contributed by atoms with van der Waals surface area (Å²) in [6.07, 6.45) is 3.79. The van der Waals surface area contributed by atoms with Crippen molar-refractivity contribution in [2.24, 2.45) is 0 Å². The number of carbonyl (C=O) groups is 1. The standard InChI is InChI=1S/C13H19N3O3/c1-3-4-9-5-12(15-8-14-9)16-7-10(19-2)6-11(16)13(17)18/h5,8,10-11H,3-4,6-7H2,1-2H3,(H,17,18). The zero-order chi connectivity index (χ0) is 13.8. The monoisotopic (exact) mass is 265 g/mol. The minimum atomic E-state index is -0.838. The predicted octanol–water partition coefficient (Wildman–Crippen LogP) is 1.11. The molecule has 1 aliphatic heterocycles. The molecular formula is C13H19N3O3. The Balaban J connectivity index is 2.23. The van der Waals surface area contributed by atoms with E-state index in [2.05, 4.69) is 16.9 Å². The van der Waals surface area contributed by atoms with Gasteiger partial charge in [-0.3, -0.25) is 0 Å². The van der Waals surface area contributed by atoms with Crippen LogP contribution < -0.4 is 4.90 Å². The van der Waals surface area contributed by atoms with Gasteiger partial charge >= 0.3 is 5.97 Å². The average molecular weight is 265 g/mol. The molecule has 104 valence electrons. The number of rotatable bonds is 5. The zero-order valence-electron chi connectivity index (χ0n) is 11.2. The summed E-state index contributed by atoms with van der Waals surface area (Å²) in [7, 11) is 1.61. The highest BCUT2D eigenvalue weighted by atomic mass is 16.5. The fourth-order valence-electron chi connectivity index (χ4n) is 2.39. The van der Waals surface area contributed by atoms with E-state index in [9.17, 15) is 9.90 Å². The molecule has 0 spiro atoms. The molecule has 19 heavy (non-hydrogen) atoms. The molecule has 2 heterocycles. The molecule has 0 bridgehead atoms. The first-order valence-corrected chi connectivity index (χ1v) is 6.48. The summed E-state index contributed by atoms with van der Waals surface area (Å²) in [5, 5.41) is 9.29. The fraction of sp³-hybridized carbons (Fsp3) is 0.615. The van der Waals surface area contributed by atoms with E-state index >= 15 is 0 Å². The Labute approximate surface area is 112 Å². The number of carboxylic acids is 1. The molecule has 1 saturated heterocycles. The van der Waals surface area contributed by atoms with Gasteiger partial charge in [0.05, 0.1) is 6.10 Å². The largest absolute Gasteiger partial charge is 0.480 e. The van der Waals surface area contributed by atoms with Crippen molar-refractivity contribution in [1.82, 2.24) is 9.97 Å². The van der Waals surface area contributed by atoms with Crippen LogP contribution in [0.4, 0.5) is 5.82 Å². The smallest absolute Gasteiger partial charge is 0.326 e. The molecule has 1 aromatic rings. The van der Waals surface area contributed by atoms with E-state index in [-0.39, 0.29) is 6.10 Å². The van der Waals surface area contributed by atoms with Crippen molar-refractivity contribution in [1.29, 1.82) is 0 Å². The Morgan fingerprint density at radius 1 is 1.58 bits per heavy atom. The van der Waals surface area contributed by atoms with Crippen LogP contribution >= 0.6 is 0 Å². The Hall–Kier alpha value is -1.69. The van der Waals surface area contributed by atoms with E-state index in [1.807, 2.05) is 6.07 Å². The third kappa shape index (κ3) is 3.01. The molecule has 0 amide bonds. The van der Waals surface area contributed by atoms with Crippen molar-refractivity contribution in [3.05, 3.63) is 18.1 Å². The van der Waals surface area contributed by atoms with E-state index in [1.165, 1.54) is 6.33 Å². The second-order valence-corrected chi connectivity index (χ2v) is 4.72. The summed E-state index contributed by atoms with van der Waals surface area (Å²) in [6, 6.07) is 1.30. The summed E-state index contributed by atoms with van der Waals surface area (Å²) in [4.78, 5) is 21.5. The van der Waals surface area contributed by atoms with Crippen LogP contribution in [0.25, 0.3) is 0 Å². The number of carboxylic acid groups (broad SMARTS) is 1. The van der Waals surface area contributed by atoms with Gasteiger partial charge in [0.15, 0.2) is 0 Å². The number of aryl methyl sites for hydroxylation is 1. The van der Waals surface area contributed by atoms with Gasteiger partial charge in [0, 0.05) is 31.8 Å². The zero-order valence-corrected chi connectivity index (χ0v) is 11.2. The van der Waals surface area contributed by atoms with Gasteiger partial charge < -0.3 is 14.7 Å². The normalized spacial score (nSPS) is 22.7. The minimum Gasteiger partial charge on any atom is -0.480 e. The molecule has 0 aliphatic carbocycles. The molecule has 6 heteroatoms. The lowest BCUT2D eigenvalue weighted by Crippen LogP contribution is -2.36. The second-order valence-electron chi connectivity index (χ2n) is 4.72. The number of aromatic nitrogens is 2. The lowest BCUT2D eigenvalue weighted by Gasteiger charge is -2.22. The Bertz CT molecular complexity index is 453. The van der Waals surface area contributed by atoms with Crippen molar-refractivity contribution in [3.63, 3.8) is 0 Å². The van der Waals surface area contributed by atoms with Crippen LogP contribution in [0.5, 0.6) is 0 Å². The summed E-state index contributed by atoms with van der Waals surface area (Å²) in [5.74, 6) is -0.166. The predicted molar refractivity (Wildman–Crippen MR) is 70.2 cm³/mol. The van der Waals surface area contributed by atoms with Crippen LogP contribution in [-0.4, -0.2) is 46.8 Å². The highest BCUT2D eigenvalue weighted by Gasteiger charge is 2.37. The number of hydrogen-bond acceptors (Lipinski definition) is 5. The molecule has 0 saturated carbocycles. The van der Waals surface area contributed by atoms with Crippen LogP contribution in [0.2, 0.25) is 0 Å². The van der Waals surface area contributed by atoms with Gasteiger partial charge in [-0.2, -0.15) is 0 Å². The number of anilines is 1. The van der Waals surface area contributed by atoms with Crippen molar-refractivity contribution >= 4 is 11.8 Å². The first kappa shape index (κ1) is 13.7. The quantitative estimate of drug-likeness (QED) is 0.859. The number of nitrogens with zero attached hydrogens (tertiary/aromatic N) is 3. The maximum Gasteiger partial charge on any atom is 0.326 e. The number of aliphatic carboxylic acids is 1. The van der Waals surface area contributed by atoms with Crippen molar-refractivity contribution < 1.29 is 14.6 Å². The van der Waals surface area contributed by atoms with Gasteiger partial charge in [-0.1, -0.05) is 13.3 Å². The van der Waals surface area contributed by atoms with Crippen molar-refractivity contribution in [3.8, 4) is 0 Å².